The van der Waals surface area contributed by atoms with Gasteiger partial charge < -0.3 is 36.7 Å². The third kappa shape index (κ3) is 8.36. The summed E-state index contributed by atoms with van der Waals surface area (Å²) in [6.07, 6.45) is 0. The van der Waals surface area contributed by atoms with Crippen LogP contribution in [-0.2, 0) is 14.2 Å². The van der Waals surface area contributed by atoms with Crippen LogP contribution in [0.1, 0.15) is 0 Å². The third-order valence-electron chi connectivity index (χ3n) is 2.67. The predicted molar refractivity (Wildman–Crippen MR) is 85.3 cm³/mol. The molecule has 0 amide bonds. The normalized spacial score (nSPS) is 10.7. The summed E-state index contributed by atoms with van der Waals surface area (Å²) in [6.45, 7) is 4.64. The highest BCUT2D eigenvalue weighted by atomic mass is 16.5. The molecule has 0 aliphatic carbocycles. The van der Waals surface area contributed by atoms with Crippen molar-refractivity contribution in [2.75, 3.05) is 69.5 Å². The van der Waals surface area contributed by atoms with E-state index in [0.717, 1.165) is 5.69 Å². The first-order chi connectivity index (χ1) is 10.2. The minimum Gasteiger partial charge on any atom is -0.397 e. The van der Waals surface area contributed by atoms with E-state index in [1.165, 1.54) is 0 Å². The van der Waals surface area contributed by atoms with E-state index < -0.39 is 0 Å². The fraction of sp³-hybridized carbons (Fsp3) is 0.571. The van der Waals surface area contributed by atoms with Gasteiger partial charge in [-0.15, -0.1) is 0 Å². The molecule has 0 bridgehead atoms. The minimum atomic E-state index is 0.537. The lowest BCUT2D eigenvalue weighted by Crippen LogP contribution is -2.15. The summed E-state index contributed by atoms with van der Waals surface area (Å²) in [5.74, 6) is 0. The molecule has 0 unspecified atom stereocenters. The van der Waals surface area contributed by atoms with Crippen molar-refractivity contribution in [2.24, 2.45) is 5.73 Å². The standard InChI is InChI=1S/C14H26N4O3/c15-3-5-19-7-9-21-10-8-20-6-4-18-12-1-2-13(16)14(17)11-12/h1-2,11,18H,3-10,15-17H2. The lowest BCUT2D eigenvalue weighted by atomic mass is 10.2. The van der Waals surface area contributed by atoms with E-state index in [-0.39, 0.29) is 0 Å². The molecule has 1 aromatic rings. The highest BCUT2D eigenvalue weighted by molar-refractivity contribution is 5.69. The van der Waals surface area contributed by atoms with Crippen molar-refractivity contribution in [3.63, 3.8) is 0 Å². The van der Waals surface area contributed by atoms with Crippen molar-refractivity contribution < 1.29 is 14.2 Å². The molecule has 0 atom stereocenters. The van der Waals surface area contributed by atoms with Gasteiger partial charge in [-0.3, -0.25) is 0 Å². The van der Waals surface area contributed by atoms with Crippen molar-refractivity contribution in [3.05, 3.63) is 18.2 Å². The second-order valence-corrected chi connectivity index (χ2v) is 4.40. The first-order valence-electron chi connectivity index (χ1n) is 7.06. The Balaban J connectivity index is 1.91. The van der Waals surface area contributed by atoms with Crippen LogP contribution in [-0.4, -0.2) is 52.7 Å². The lowest BCUT2D eigenvalue weighted by Gasteiger charge is -2.09. The molecule has 0 aliphatic heterocycles. The summed E-state index contributed by atoms with van der Waals surface area (Å²) in [7, 11) is 0. The maximum atomic E-state index is 5.72. The number of rotatable bonds is 12. The number of anilines is 3. The molecule has 0 radical (unpaired) electrons. The highest BCUT2D eigenvalue weighted by Gasteiger charge is 1.97. The first-order valence-corrected chi connectivity index (χ1v) is 7.06. The summed E-state index contributed by atoms with van der Waals surface area (Å²) in [4.78, 5) is 0. The van der Waals surface area contributed by atoms with Crippen LogP contribution in [0.15, 0.2) is 18.2 Å². The Kier molecular flexibility index (Phi) is 9.30. The topological polar surface area (TPSA) is 118 Å². The molecular weight excluding hydrogens is 272 g/mol. The molecule has 0 saturated carbocycles. The molecular formula is C14H26N4O3. The first kappa shape index (κ1) is 17.5. The van der Waals surface area contributed by atoms with Gasteiger partial charge in [-0.25, -0.2) is 0 Å². The smallest absolute Gasteiger partial charge is 0.0701 e. The van der Waals surface area contributed by atoms with Gasteiger partial charge in [0.15, 0.2) is 0 Å². The van der Waals surface area contributed by atoms with Crippen LogP contribution in [0.25, 0.3) is 0 Å². The van der Waals surface area contributed by atoms with E-state index in [0.29, 0.717) is 64.1 Å². The Morgan fingerprint density at radius 3 is 2.05 bits per heavy atom. The van der Waals surface area contributed by atoms with Crippen LogP contribution in [0.5, 0.6) is 0 Å². The van der Waals surface area contributed by atoms with E-state index in [9.17, 15) is 0 Å². The van der Waals surface area contributed by atoms with Crippen LogP contribution >= 0.6 is 0 Å². The average Bonchev–Trinajstić information content (AvgIpc) is 2.48. The molecule has 0 aromatic heterocycles. The maximum absolute atomic E-state index is 5.72. The Morgan fingerprint density at radius 1 is 0.810 bits per heavy atom. The van der Waals surface area contributed by atoms with E-state index in [1.54, 1.807) is 12.1 Å². The molecule has 7 N–H and O–H groups in total. The van der Waals surface area contributed by atoms with E-state index in [4.69, 9.17) is 31.4 Å². The van der Waals surface area contributed by atoms with E-state index >= 15 is 0 Å². The fourth-order valence-corrected chi connectivity index (χ4v) is 1.58. The van der Waals surface area contributed by atoms with Crippen molar-refractivity contribution >= 4 is 17.1 Å². The lowest BCUT2D eigenvalue weighted by molar-refractivity contribution is 0.0179. The molecule has 1 aromatic carbocycles. The molecule has 0 fully saturated rings. The zero-order valence-corrected chi connectivity index (χ0v) is 12.3. The van der Waals surface area contributed by atoms with Gasteiger partial charge in [0.05, 0.1) is 51.0 Å². The second-order valence-electron chi connectivity index (χ2n) is 4.40. The van der Waals surface area contributed by atoms with Gasteiger partial charge in [0.1, 0.15) is 0 Å². The van der Waals surface area contributed by atoms with Gasteiger partial charge in [0.2, 0.25) is 0 Å². The number of benzene rings is 1. The van der Waals surface area contributed by atoms with Gasteiger partial charge >= 0.3 is 0 Å². The van der Waals surface area contributed by atoms with Crippen molar-refractivity contribution in [2.45, 2.75) is 0 Å². The molecule has 21 heavy (non-hydrogen) atoms. The molecule has 120 valence electrons. The third-order valence-corrected chi connectivity index (χ3v) is 2.67. The maximum Gasteiger partial charge on any atom is 0.0701 e. The molecule has 0 aliphatic rings. The van der Waals surface area contributed by atoms with Crippen LogP contribution in [0.2, 0.25) is 0 Å². The van der Waals surface area contributed by atoms with Gasteiger partial charge in [-0.1, -0.05) is 0 Å². The summed E-state index contributed by atoms with van der Waals surface area (Å²) >= 11 is 0. The van der Waals surface area contributed by atoms with Crippen LogP contribution in [0, 0.1) is 0 Å². The number of nitrogens with one attached hydrogen (secondary N) is 1. The summed E-state index contributed by atoms with van der Waals surface area (Å²) in [5.41, 5.74) is 18.7. The highest BCUT2D eigenvalue weighted by Crippen LogP contribution is 2.19. The average molecular weight is 298 g/mol. The predicted octanol–water partition coefficient (Wildman–Crippen LogP) is 0.271. The van der Waals surface area contributed by atoms with Crippen molar-refractivity contribution in [1.29, 1.82) is 0 Å². The number of hydrogen-bond acceptors (Lipinski definition) is 7. The molecule has 7 heteroatoms. The molecule has 1 rings (SSSR count). The molecule has 0 spiro atoms. The second kappa shape index (κ2) is 11.2. The van der Waals surface area contributed by atoms with Crippen molar-refractivity contribution in [1.82, 2.24) is 0 Å². The molecule has 0 saturated heterocycles. The van der Waals surface area contributed by atoms with Gasteiger partial charge in [0, 0.05) is 18.8 Å². The largest absolute Gasteiger partial charge is 0.397 e. The summed E-state index contributed by atoms with van der Waals surface area (Å²) in [6, 6.07) is 5.47. The number of nitrogen functional groups attached to an aromatic ring is 2. The summed E-state index contributed by atoms with van der Waals surface area (Å²) in [5, 5.41) is 3.20. The molecule has 0 heterocycles. The van der Waals surface area contributed by atoms with E-state index in [1.807, 2.05) is 6.07 Å². The van der Waals surface area contributed by atoms with Gasteiger partial charge in [-0.05, 0) is 18.2 Å². The van der Waals surface area contributed by atoms with Crippen LogP contribution in [0.3, 0.4) is 0 Å². The Bertz CT molecular complexity index is 390. The van der Waals surface area contributed by atoms with E-state index in [2.05, 4.69) is 5.32 Å². The minimum absolute atomic E-state index is 0.537. The number of hydrogen-bond donors (Lipinski definition) is 4. The number of ether oxygens (including phenoxy) is 3. The van der Waals surface area contributed by atoms with Crippen molar-refractivity contribution in [3.8, 4) is 0 Å². The zero-order chi connectivity index (χ0) is 15.3. The van der Waals surface area contributed by atoms with Gasteiger partial charge in [-0.2, -0.15) is 0 Å². The monoisotopic (exact) mass is 298 g/mol. The molecule has 7 nitrogen and oxygen atoms in total. The summed E-state index contributed by atoms with van der Waals surface area (Å²) < 4.78 is 15.9. The van der Waals surface area contributed by atoms with Gasteiger partial charge in [0.25, 0.3) is 0 Å². The van der Waals surface area contributed by atoms with Crippen LogP contribution in [0.4, 0.5) is 17.1 Å². The van der Waals surface area contributed by atoms with Crippen LogP contribution < -0.4 is 22.5 Å². The quantitative estimate of drug-likeness (QED) is 0.323. The zero-order valence-electron chi connectivity index (χ0n) is 12.3. The Labute approximate surface area is 125 Å². The SMILES string of the molecule is NCCOCCOCCOCCNc1ccc(N)c(N)c1. The fourth-order valence-electron chi connectivity index (χ4n) is 1.58. The number of nitrogens with two attached hydrogens (primary N) is 3. The Hall–Kier alpha value is -1.54. The Morgan fingerprint density at radius 2 is 1.43 bits per heavy atom.